The monoisotopic (exact) mass is 498 g/mol. The average Bonchev–Trinajstić information content (AvgIpc) is 3.45. The van der Waals surface area contributed by atoms with Crippen molar-refractivity contribution in [2.45, 2.75) is 46.1 Å². The third-order valence-corrected chi connectivity index (χ3v) is 6.22. The number of aromatic nitrogens is 3. The van der Waals surface area contributed by atoms with Crippen LogP contribution < -0.4 is 10.2 Å². The average molecular weight is 499 g/mol. The number of carbonyl (C=O) groups excluding carboxylic acids is 1. The van der Waals surface area contributed by atoms with Gasteiger partial charge in [0.15, 0.2) is 5.65 Å². The second kappa shape index (κ2) is 9.57. The number of nitrogens with zero attached hydrogens (tertiary/aromatic N) is 5. The summed E-state index contributed by atoms with van der Waals surface area (Å²) in [5.74, 6) is 0.781. The van der Waals surface area contributed by atoms with Crippen molar-refractivity contribution in [1.82, 2.24) is 14.4 Å². The van der Waals surface area contributed by atoms with Crippen molar-refractivity contribution in [2.75, 3.05) is 16.8 Å². The molecule has 190 valence electrons. The van der Waals surface area contributed by atoms with Crippen molar-refractivity contribution in [3.8, 4) is 11.3 Å². The standard InChI is InChI=1S/C28H30N6O3/c1-5-33(27(35)37-28(2,3)4)21-8-6-7-19(16-21)25-26(34-14-13-29-17-24(34)31-25)30-20-10-11-22-18(15-20)9-12-23(22)32-36/h6-8,10-11,13-17,30,36H,5,9,12H2,1-4H3/b32-23+. The normalized spacial score (nSPS) is 14.1. The lowest BCUT2D eigenvalue weighted by Gasteiger charge is -2.26. The van der Waals surface area contributed by atoms with Gasteiger partial charge >= 0.3 is 6.09 Å². The second-order valence-electron chi connectivity index (χ2n) is 9.93. The van der Waals surface area contributed by atoms with E-state index >= 15 is 0 Å². The Labute approximate surface area is 215 Å². The molecule has 0 fully saturated rings. The van der Waals surface area contributed by atoms with Gasteiger partial charge in [0.05, 0.1) is 11.9 Å². The molecule has 9 nitrogen and oxygen atoms in total. The maximum absolute atomic E-state index is 12.9. The number of amides is 1. The first kappa shape index (κ1) is 24.3. The highest BCUT2D eigenvalue weighted by atomic mass is 16.6. The SMILES string of the molecule is CCN(C(=O)OC(C)(C)C)c1cccc(-c2nc3cnccn3c2Nc2ccc3c(c2)CC/C3=N\O)c1. The molecule has 0 saturated heterocycles. The number of fused-ring (bicyclic) bond motifs is 2. The van der Waals surface area contributed by atoms with E-state index < -0.39 is 11.7 Å². The molecule has 0 bridgehead atoms. The molecule has 5 rings (SSSR count). The van der Waals surface area contributed by atoms with Crippen LogP contribution in [0.5, 0.6) is 0 Å². The summed E-state index contributed by atoms with van der Waals surface area (Å²) in [7, 11) is 0. The van der Waals surface area contributed by atoms with E-state index in [1.807, 2.05) is 74.7 Å². The highest BCUT2D eigenvalue weighted by molar-refractivity contribution is 6.04. The van der Waals surface area contributed by atoms with E-state index in [0.29, 0.717) is 17.9 Å². The Morgan fingerprint density at radius 3 is 2.81 bits per heavy atom. The molecule has 2 aromatic carbocycles. The Kier molecular flexibility index (Phi) is 6.29. The molecule has 1 amide bonds. The fourth-order valence-electron chi connectivity index (χ4n) is 4.57. The van der Waals surface area contributed by atoms with Crippen LogP contribution in [0.25, 0.3) is 16.9 Å². The van der Waals surface area contributed by atoms with E-state index in [1.54, 1.807) is 17.3 Å². The van der Waals surface area contributed by atoms with Crippen molar-refractivity contribution >= 4 is 34.6 Å². The van der Waals surface area contributed by atoms with Crippen LogP contribution in [0.15, 0.2) is 66.2 Å². The summed E-state index contributed by atoms with van der Waals surface area (Å²) in [6, 6.07) is 13.7. The van der Waals surface area contributed by atoms with Crippen LogP contribution in [0.1, 0.15) is 45.2 Å². The quantitative estimate of drug-likeness (QED) is 0.257. The van der Waals surface area contributed by atoms with Crippen molar-refractivity contribution in [2.24, 2.45) is 5.16 Å². The predicted molar refractivity (Wildman–Crippen MR) is 144 cm³/mol. The summed E-state index contributed by atoms with van der Waals surface area (Å²) < 4.78 is 7.57. The Bertz CT molecular complexity index is 1500. The van der Waals surface area contributed by atoms with E-state index in [2.05, 4.69) is 21.5 Å². The molecule has 2 aromatic heterocycles. The van der Waals surface area contributed by atoms with Gasteiger partial charge in [-0.2, -0.15) is 0 Å². The summed E-state index contributed by atoms with van der Waals surface area (Å²) in [6.45, 7) is 7.95. The number of anilines is 3. The first-order chi connectivity index (χ1) is 17.8. The van der Waals surface area contributed by atoms with E-state index in [0.717, 1.165) is 52.4 Å². The molecule has 0 aliphatic heterocycles. The lowest BCUT2D eigenvalue weighted by molar-refractivity contribution is 0.0582. The number of hydrogen-bond acceptors (Lipinski definition) is 7. The zero-order chi connectivity index (χ0) is 26.2. The third-order valence-electron chi connectivity index (χ3n) is 6.22. The highest BCUT2D eigenvalue weighted by Gasteiger charge is 2.24. The minimum absolute atomic E-state index is 0.395. The number of ether oxygens (including phenoxy) is 1. The zero-order valence-electron chi connectivity index (χ0n) is 21.4. The van der Waals surface area contributed by atoms with Crippen molar-refractivity contribution in [1.29, 1.82) is 0 Å². The Balaban J connectivity index is 1.54. The van der Waals surface area contributed by atoms with Gasteiger partial charge in [-0.25, -0.2) is 9.78 Å². The minimum Gasteiger partial charge on any atom is -0.443 e. The lowest BCUT2D eigenvalue weighted by atomic mass is 10.1. The summed E-state index contributed by atoms with van der Waals surface area (Å²) in [6.07, 6.45) is 6.45. The van der Waals surface area contributed by atoms with Gasteiger partial charge in [0.1, 0.15) is 17.1 Å². The first-order valence-corrected chi connectivity index (χ1v) is 12.3. The molecule has 37 heavy (non-hydrogen) atoms. The first-order valence-electron chi connectivity index (χ1n) is 12.3. The number of oxime groups is 1. The molecule has 0 radical (unpaired) electrons. The van der Waals surface area contributed by atoms with Gasteiger partial charge in [-0.3, -0.25) is 14.3 Å². The minimum atomic E-state index is -0.590. The van der Waals surface area contributed by atoms with Gasteiger partial charge in [0.25, 0.3) is 0 Å². The lowest BCUT2D eigenvalue weighted by Crippen LogP contribution is -2.36. The highest BCUT2D eigenvalue weighted by Crippen LogP contribution is 2.34. The smallest absolute Gasteiger partial charge is 0.414 e. The van der Waals surface area contributed by atoms with Gasteiger partial charge in [-0.1, -0.05) is 23.4 Å². The number of benzene rings is 2. The van der Waals surface area contributed by atoms with E-state index in [9.17, 15) is 10.0 Å². The number of rotatable bonds is 5. The Morgan fingerprint density at radius 1 is 1.22 bits per heavy atom. The van der Waals surface area contributed by atoms with Crippen LogP contribution in [0.4, 0.5) is 22.0 Å². The fraction of sp³-hybridized carbons (Fsp3) is 0.286. The third kappa shape index (κ3) is 4.84. The summed E-state index contributed by atoms with van der Waals surface area (Å²) in [5, 5.41) is 16.2. The summed E-state index contributed by atoms with van der Waals surface area (Å²) in [5.41, 5.74) is 6.13. The molecule has 2 N–H and O–H groups in total. The van der Waals surface area contributed by atoms with Crippen LogP contribution in [0, 0.1) is 0 Å². The number of nitrogens with one attached hydrogen (secondary N) is 1. The van der Waals surface area contributed by atoms with Crippen molar-refractivity contribution in [3.05, 3.63) is 72.2 Å². The van der Waals surface area contributed by atoms with Gasteiger partial charge in [0, 0.05) is 41.4 Å². The van der Waals surface area contributed by atoms with Crippen LogP contribution in [-0.4, -0.2) is 43.5 Å². The molecular weight excluding hydrogens is 468 g/mol. The van der Waals surface area contributed by atoms with Crippen LogP contribution in [0.2, 0.25) is 0 Å². The molecule has 0 saturated carbocycles. The molecule has 0 unspecified atom stereocenters. The number of carbonyl (C=O) groups is 1. The topological polar surface area (TPSA) is 104 Å². The van der Waals surface area contributed by atoms with E-state index in [4.69, 9.17) is 9.72 Å². The molecule has 1 aliphatic rings. The predicted octanol–water partition coefficient (Wildman–Crippen LogP) is 6.03. The Hall–Kier alpha value is -4.40. The molecule has 2 heterocycles. The van der Waals surface area contributed by atoms with Crippen LogP contribution >= 0.6 is 0 Å². The largest absolute Gasteiger partial charge is 0.443 e. The van der Waals surface area contributed by atoms with Gasteiger partial charge < -0.3 is 15.3 Å². The number of aryl methyl sites for hydroxylation is 1. The maximum Gasteiger partial charge on any atom is 0.414 e. The summed E-state index contributed by atoms with van der Waals surface area (Å²) >= 11 is 0. The summed E-state index contributed by atoms with van der Waals surface area (Å²) in [4.78, 5) is 23.6. The van der Waals surface area contributed by atoms with E-state index in [-0.39, 0.29) is 0 Å². The zero-order valence-corrected chi connectivity index (χ0v) is 21.4. The van der Waals surface area contributed by atoms with Crippen molar-refractivity contribution < 1.29 is 14.7 Å². The van der Waals surface area contributed by atoms with E-state index in [1.165, 1.54) is 0 Å². The van der Waals surface area contributed by atoms with Crippen LogP contribution in [-0.2, 0) is 11.2 Å². The molecule has 4 aromatic rings. The van der Waals surface area contributed by atoms with Crippen molar-refractivity contribution in [3.63, 3.8) is 0 Å². The molecule has 0 atom stereocenters. The van der Waals surface area contributed by atoms with Gasteiger partial charge in [0.2, 0.25) is 0 Å². The Morgan fingerprint density at radius 2 is 2.05 bits per heavy atom. The molecule has 9 heteroatoms. The second-order valence-corrected chi connectivity index (χ2v) is 9.93. The molecular formula is C28H30N6O3. The maximum atomic E-state index is 12.9. The molecule has 0 spiro atoms. The number of hydrogen-bond donors (Lipinski definition) is 2. The number of imidazole rings is 1. The van der Waals surface area contributed by atoms with Gasteiger partial charge in [-0.15, -0.1) is 0 Å². The fourth-order valence-corrected chi connectivity index (χ4v) is 4.57. The van der Waals surface area contributed by atoms with Crippen LogP contribution in [0.3, 0.4) is 0 Å². The molecule has 1 aliphatic carbocycles. The van der Waals surface area contributed by atoms with Gasteiger partial charge in [-0.05, 0) is 70.4 Å².